The number of carboxylic acids is 1. The third-order valence-electron chi connectivity index (χ3n) is 4.22. The quantitative estimate of drug-likeness (QED) is 0.541. The smallest absolute Gasteiger partial charge is 0.358 e. The topological polar surface area (TPSA) is 125 Å². The van der Waals surface area contributed by atoms with Gasteiger partial charge in [0.1, 0.15) is 5.82 Å². The second-order valence-electron chi connectivity index (χ2n) is 6.11. The summed E-state index contributed by atoms with van der Waals surface area (Å²) in [5, 5.41) is 27.6. The number of carboxylic acid groups (broad SMARTS) is 1. The fourth-order valence-electron chi connectivity index (χ4n) is 2.91. The Bertz CT molecular complexity index is 973. The highest BCUT2D eigenvalue weighted by Crippen LogP contribution is 2.35. The van der Waals surface area contributed by atoms with Crippen molar-refractivity contribution in [3.8, 4) is 5.75 Å². The van der Waals surface area contributed by atoms with Crippen LogP contribution in [0.1, 0.15) is 32.4 Å². The van der Waals surface area contributed by atoms with Gasteiger partial charge < -0.3 is 15.3 Å². The maximum absolute atomic E-state index is 13.2. The molecule has 0 bridgehead atoms. The first-order valence-electron chi connectivity index (χ1n) is 8.33. The lowest BCUT2D eigenvalue weighted by Crippen LogP contribution is -2.21. The number of hydrogen-bond donors (Lipinski definition) is 3. The molecule has 9 heteroatoms. The van der Waals surface area contributed by atoms with E-state index in [1.165, 1.54) is 30.3 Å². The van der Waals surface area contributed by atoms with Crippen molar-refractivity contribution in [1.82, 2.24) is 4.98 Å². The number of pyridine rings is 1. The number of aliphatic hydroxyl groups is 1. The Morgan fingerprint density at radius 1 is 1.29 bits per heavy atom. The monoisotopic (exact) mass is 409 g/mol. The van der Waals surface area contributed by atoms with Crippen LogP contribution in [0.4, 0.5) is 4.39 Å². The predicted molar refractivity (Wildman–Crippen MR) is 100 cm³/mol. The van der Waals surface area contributed by atoms with Crippen LogP contribution in [0.3, 0.4) is 0 Å². The Hall–Kier alpha value is -2.78. The van der Waals surface area contributed by atoms with Crippen LogP contribution in [0.2, 0.25) is 0 Å². The lowest BCUT2D eigenvalue weighted by molar-refractivity contribution is 0.0686. The molecule has 1 aromatic carbocycles. The van der Waals surface area contributed by atoms with Gasteiger partial charge in [-0.25, -0.2) is 22.6 Å². The van der Waals surface area contributed by atoms with E-state index in [1.54, 1.807) is 0 Å². The standard InChI is InChI=1S/C19H20FNO6S/c1-2-9-28(26,27)16(10-12-3-5-13(20)6-4-12)15-11-21-17(19(24)25)18(23)14(15)7-8-22/h2-6,11,16,22-23H,1,7-10H2,(H,24,25). The number of aliphatic hydroxyl groups excluding tert-OH is 1. The third-order valence-corrected chi connectivity index (χ3v) is 6.21. The van der Waals surface area contributed by atoms with Crippen molar-refractivity contribution in [3.63, 3.8) is 0 Å². The zero-order chi connectivity index (χ0) is 20.9. The summed E-state index contributed by atoms with van der Waals surface area (Å²) in [5.41, 5.74) is -0.0259. The van der Waals surface area contributed by atoms with Gasteiger partial charge in [-0.05, 0) is 36.1 Å². The lowest BCUT2D eigenvalue weighted by Gasteiger charge is -2.21. The Morgan fingerprint density at radius 3 is 2.46 bits per heavy atom. The van der Waals surface area contributed by atoms with Crippen LogP contribution in [0.15, 0.2) is 43.1 Å². The minimum absolute atomic E-state index is 0.00495. The number of aromatic carboxylic acids is 1. The predicted octanol–water partition coefficient (Wildman–Crippen LogP) is 2.04. The van der Waals surface area contributed by atoms with Crippen LogP contribution in [-0.2, 0) is 22.7 Å². The van der Waals surface area contributed by atoms with Crippen LogP contribution < -0.4 is 0 Å². The molecule has 7 nitrogen and oxygen atoms in total. The molecule has 0 amide bonds. The van der Waals surface area contributed by atoms with Crippen molar-refractivity contribution in [2.45, 2.75) is 18.1 Å². The molecule has 0 aliphatic carbocycles. The molecule has 28 heavy (non-hydrogen) atoms. The molecule has 1 atom stereocenters. The number of carbonyl (C=O) groups is 1. The number of aromatic nitrogens is 1. The fraction of sp³-hybridized carbons (Fsp3) is 0.263. The number of aromatic hydroxyl groups is 1. The number of hydrogen-bond acceptors (Lipinski definition) is 6. The number of halogens is 1. The van der Waals surface area contributed by atoms with E-state index in [0.29, 0.717) is 5.56 Å². The van der Waals surface area contributed by atoms with Gasteiger partial charge in [0.15, 0.2) is 21.3 Å². The molecule has 0 spiro atoms. The molecule has 0 aliphatic heterocycles. The summed E-state index contributed by atoms with van der Waals surface area (Å²) in [6, 6.07) is 5.28. The number of benzene rings is 1. The van der Waals surface area contributed by atoms with Gasteiger partial charge in [0.25, 0.3) is 0 Å². The van der Waals surface area contributed by atoms with Crippen LogP contribution in [0, 0.1) is 5.82 Å². The zero-order valence-electron chi connectivity index (χ0n) is 14.9. The van der Waals surface area contributed by atoms with Gasteiger partial charge in [-0.3, -0.25) is 0 Å². The van der Waals surface area contributed by atoms with E-state index in [0.717, 1.165) is 6.20 Å². The van der Waals surface area contributed by atoms with Crippen molar-refractivity contribution >= 4 is 15.8 Å². The Labute approximate surface area is 161 Å². The third kappa shape index (κ3) is 4.73. The van der Waals surface area contributed by atoms with Gasteiger partial charge in [-0.15, -0.1) is 6.58 Å². The van der Waals surface area contributed by atoms with Gasteiger partial charge in [0, 0.05) is 18.4 Å². The Balaban J connectivity index is 2.65. The molecule has 0 saturated heterocycles. The number of nitrogens with zero attached hydrogens (tertiary/aromatic N) is 1. The average Bonchev–Trinajstić information content (AvgIpc) is 2.62. The molecule has 1 heterocycles. The van der Waals surface area contributed by atoms with E-state index >= 15 is 0 Å². The largest absolute Gasteiger partial charge is 0.505 e. The van der Waals surface area contributed by atoms with Crippen LogP contribution in [-0.4, -0.2) is 47.1 Å². The van der Waals surface area contributed by atoms with Crippen molar-refractivity contribution in [1.29, 1.82) is 0 Å². The Morgan fingerprint density at radius 2 is 1.93 bits per heavy atom. The molecular weight excluding hydrogens is 389 g/mol. The molecule has 0 fully saturated rings. The first-order valence-corrected chi connectivity index (χ1v) is 10.0. The van der Waals surface area contributed by atoms with Gasteiger partial charge in [0.05, 0.1) is 11.0 Å². The molecule has 2 aromatic rings. The first kappa shape index (κ1) is 21.5. The highest BCUT2D eigenvalue weighted by atomic mass is 32.2. The van der Waals surface area contributed by atoms with E-state index < -0.39 is 44.9 Å². The average molecular weight is 409 g/mol. The Kier molecular flexibility index (Phi) is 6.87. The van der Waals surface area contributed by atoms with Crippen LogP contribution in [0.5, 0.6) is 5.75 Å². The van der Waals surface area contributed by atoms with Crippen molar-refractivity contribution in [2.24, 2.45) is 0 Å². The summed E-state index contributed by atoms with van der Waals surface area (Å²) >= 11 is 0. The highest BCUT2D eigenvalue weighted by molar-refractivity contribution is 7.91. The molecule has 0 aliphatic rings. The van der Waals surface area contributed by atoms with Gasteiger partial charge in [0.2, 0.25) is 0 Å². The molecular formula is C19H20FNO6S. The summed E-state index contributed by atoms with van der Waals surface area (Å²) in [7, 11) is -3.82. The van der Waals surface area contributed by atoms with Crippen molar-refractivity contribution in [3.05, 3.63) is 71.3 Å². The molecule has 0 saturated carbocycles. The normalized spacial score (nSPS) is 12.5. The first-order chi connectivity index (χ1) is 13.2. The summed E-state index contributed by atoms with van der Waals surface area (Å²) in [5.74, 6) is -3.00. The number of rotatable bonds is 9. The molecule has 0 radical (unpaired) electrons. The summed E-state index contributed by atoms with van der Waals surface area (Å²) in [4.78, 5) is 14.9. The van der Waals surface area contributed by atoms with E-state index in [9.17, 15) is 27.8 Å². The highest BCUT2D eigenvalue weighted by Gasteiger charge is 2.31. The van der Waals surface area contributed by atoms with E-state index in [2.05, 4.69) is 11.6 Å². The second kappa shape index (κ2) is 8.94. The molecule has 150 valence electrons. The van der Waals surface area contributed by atoms with E-state index in [4.69, 9.17) is 5.11 Å². The summed E-state index contributed by atoms with van der Waals surface area (Å²) in [6.07, 6.45) is 2.09. The molecule has 1 aromatic heterocycles. The molecule has 3 N–H and O–H groups in total. The van der Waals surface area contributed by atoms with Gasteiger partial charge in [-0.2, -0.15) is 0 Å². The van der Waals surface area contributed by atoms with Gasteiger partial charge >= 0.3 is 5.97 Å². The van der Waals surface area contributed by atoms with E-state index in [-0.39, 0.29) is 29.7 Å². The van der Waals surface area contributed by atoms with Crippen LogP contribution in [0.25, 0.3) is 0 Å². The maximum atomic E-state index is 13.2. The molecule has 2 rings (SSSR count). The molecule has 1 unspecified atom stereocenters. The van der Waals surface area contributed by atoms with Crippen molar-refractivity contribution < 1.29 is 32.9 Å². The van der Waals surface area contributed by atoms with Crippen molar-refractivity contribution in [2.75, 3.05) is 12.4 Å². The second-order valence-corrected chi connectivity index (χ2v) is 8.33. The maximum Gasteiger partial charge on any atom is 0.358 e. The van der Waals surface area contributed by atoms with E-state index in [1.807, 2.05) is 0 Å². The lowest BCUT2D eigenvalue weighted by atomic mass is 9.97. The number of sulfone groups is 1. The summed E-state index contributed by atoms with van der Waals surface area (Å²) < 4.78 is 38.9. The van der Waals surface area contributed by atoms with Crippen LogP contribution >= 0.6 is 0 Å². The SMILES string of the molecule is C=CCS(=O)(=O)C(Cc1ccc(F)cc1)c1cnc(C(=O)O)c(O)c1CCO. The minimum Gasteiger partial charge on any atom is -0.505 e. The summed E-state index contributed by atoms with van der Waals surface area (Å²) in [6.45, 7) is 3.01. The zero-order valence-corrected chi connectivity index (χ0v) is 15.7. The van der Waals surface area contributed by atoms with Gasteiger partial charge in [-0.1, -0.05) is 18.2 Å². The fourth-order valence-corrected chi connectivity index (χ4v) is 4.50. The minimum atomic E-state index is -3.82.